The summed E-state index contributed by atoms with van der Waals surface area (Å²) >= 11 is 1.85. The number of nitrogens with one attached hydrogen (secondary N) is 1. The zero-order valence-electron chi connectivity index (χ0n) is 11.8. The van der Waals surface area contributed by atoms with Crippen LogP contribution in [0.15, 0.2) is 24.3 Å². The van der Waals surface area contributed by atoms with Gasteiger partial charge in [-0.1, -0.05) is 24.3 Å². The molecule has 0 amide bonds. The lowest BCUT2D eigenvalue weighted by Gasteiger charge is -2.36. The molecule has 1 atom stereocenters. The van der Waals surface area contributed by atoms with E-state index in [0.717, 1.165) is 19.3 Å². The topological polar surface area (TPSA) is 24.9 Å². The molecule has 1 aromatic heterocycles. The van der Waals surface area contributed by atoms with Crippen LogP contribution in [0, 0.1) is 13.8 Å². The Morgan fingerprint density at radius 3 is 2.58 bits per heavy atom. The highest BCUT2D eigenvalue weighted by molar-refractivity contribution is 7.11. The molecule has 2 aromatic rings. The summed E-state index contributed by atoms with van der Waals surface area (Å²) in [4.78, 5) is 6.14. The Balaban J connectivity index is 2.02. The minimum absolute atomic E-state index is 0.0258. The molecule has 1 unspecified atom stereocenters. The maximum atomic E-state index is 4.81. The van der Waals surface area contributed by atoms with E-state index in [1.54, 1.807) is 0 Å². The van der Waals surface area contributed by atoms with E-state index < -0.39 is 0 Å². The Labute approximate surface area is 118 Å². The molecule has 0 spiro atoms. The number of aryl methyl sites for hydroxylation is 3. The Morgan fingerprint density at radius 2 is 1.95 bits per heavy atom. The van der Waals surface area contributed by atoms with Crippen LogP contribution in [0.1, 0.15) is 33.1 Å². The minimum atomic E-state index is 0.0258. The average Bonchev–Trinajstić information content (AvgIpc) is 2.78. The van der Waals surface area contributed by atoms with Crippen LogP contribution in [0.3, 0.4) is 0 Å². The number of thiazole rings is 1. The highest BCUT2D eigenvalue weighted by Gasteiger charge is 2.37. The molecule has 3 rings (SSSR count). The van der Waals surface area contributed by atoms with Crippen molar-refractivity contribution in [2.24, 2.45) is 0 Å². The van der Waals surface area contributed by atoms with E-state index in [1.165, 1.54) is 26.7 Å². The Morgan fingerprint density at radius 1 is 1.21 bits per heavy atom. The van der Waals surface area contributed by atoms with Gasteiger partial charge in [0.2, 0.25) is 0 Å². The summed E-state index contributed by atoms with van der Waals surface area (Å²) in [6, 6.07) is 8.80. The number of fused-ring (bicyclic) bond motifs is 1. The molecule has 0 radical (unpaired) electrons. The first-order valence-electron chi connectivity index (χ1n) is 6.85. The molecule has 0 bridgehead atoms. The molecule has 1 heterocycles. The third-order valence-corrected chi connectivity index (χ3v) is 5.63. The van der Waals surface area contributed by atoms with Gasteiger partial charge in [0, 0.05) is 4.88 Å². The predicted molar refractivity (Wildman–Crippen MR) is 80.8 cm³/mol. The van der Waals surface area contributed by atoms with Crippen LogP contribution in [0.4, 0.5) is 0 Å². The van der Waals surface area contributed by atoms with Crippen LogP contribution < -0.4 is 5.32 Å². The van der Waals surface area contributed by atoms with Gasteiger partial charge < -0.3 is 5.32 Å². The van der Waals surface area contributed by atoms with Crippen LogP contribution >= 0.6 is 11.3 Å². The van der Waals surface area contributed by atoms with Crippen molar-refractivity contribution in [2.75, 3.05) is 7.05 Å². The van der Waals surface area contributed by atoms with E-state index in [2.05, 4.69) is 50.5 Å². The monoisotopic (exact) mass is 272 g/mol. The van der Waals surface area contributed by atoms with Crippen LogP contribution in [-0.2, 0) is 18.4 Å². The fourth-order valence-corrected chi connectivity index (χ4v) is 4.05. The molecule has 1 aliphatic rings. The molecule has 2 nitrogen and oxygen atoms in total. The molecular weight excluding hydrogens is 252 g/mol. The smallest absolute Gasteiger partial charge is 0.114 e. The van der Waals surface area contributed by atoms with E-state index in [9.17, 15) is 0 Å². The van der Waals surface area contributed by atoms with Crippen molar-refractivity contribution >= 4 is 11.3 Å². The largest absolute Gasteiger partial charge is 0.308 e. The summed E-state index contributed by atoms with van der Waals surface area (Å²) in [6.07, 6.45) is 3.31. The van der Waals surface area contributed by atoms with Gasteiger partial charge in [0.25, 0.3) is 0 Å². The standard InChI is InChI=1S/C16H20N2S/c1-11-12(2)19-15(18-11)16(17-3)9-8-13-6-4-5-7-14(13)10-16/h4-7,17H,8-10H2,1-3H3. The van der Waals surface area contributed by atoms with Crippen LogP contribution in [-0.4, -0.2) is 12.0 Å². The molecule has 1 aromatic carbocycles. The molecule has 0 saturated carbocycles. The Bertz CT molecular complexity index is 583. The molecule has 0 fully saturated rings. The second kappa shape index (κ2) is 4.73. The number of benzene rings is 1. The van der Waals surface area contributed by atoms with Gasteiger partial charge in [0.1, 0.15) is 5.01 Å². The highest BCUT2D eigenvalue weighted by Crippen LogP contribution is 2.38. The first-order valence-corrected chi connectivity index (χ1v) is 7.66. The van der Waals surface area contributed by atoms with Crippen molar-refractivity contribution < 1.29 is 0 Å². The second-order valence-corrected chi connectivity index (χ2v) is 6.64. The zero-order valence-corrected chi connectivity index (χ0v) is 12.6. The van der Waals surface area contributed by atoms with Crippen molar-refractivity contribution in [3.8, 4) is 0 Å². The first-order chi connectivity index (χ1) is 9.14. The van der Waals surface area contributed by atoms with Gasteiger partial charge >= 0.3 is 0 Å². The van der Waals surface area contributed by atoms with E-state index >= 15 is 0 Å². The van der Waals surface area contributed by atoms with Crippen LogP contribution in [0.25, 0.3) is 0 Å². The van der Waals surface area contributed by atoms with Gasteiger partial charge in [-0.2, -0.15) is 0 Å². The number of rotatable bonds is 2. The van der Waals surface area contributed by atoms with Crippen molar-refractivity contribution in [3.05, 3.63) is 51.0 Å². The summed E-state index contributed by atoms with van der Waals surface area (Å²) in [5, 5.41) is 4.81. The third kappa shape index (κ3) is 2.11. The van der Waals surface area contributed by atoms with Crippen LogP contribution in [0.5, 0.6) is 0 Å². The van der Waals surface area contributed by atoms with E-state index in [1.807, 2.05) is 11.3 Å². The fraction of sp³-hybridized carbons (Fsp3) is 0.438. The number of aromatic nitrogens is 1. The number of likely N-dealkylation sites (N-methyl/N-ethyl adjacent to an activating group) is 1. The normalized spacial score (nSPS) is 22.3. The number of nitrogens with zero attached hydrogens (tertiary/aromatic N) is 1. The SMILES string of the molecule is CNC1(c2nc(C)c(C)s2)CCc2ccccc2C1. The highest BCUT2D eigenvalue weighted by atomic mass is 32.1. The lowest BCUT2D eigenvalue weighted by Crippen LogP contribution is -2.44. The van der Waals surface area contributed by atoms with Gasteiger partial charge in [-0.15, -0.1) is 11.3 Å². The van der Waals surface area contributed by atoms with Gasteiger partial charge in [0.05, 0.1) is 11.2 Å². The molecule has 100 valence electrons. The Hall–Kier alpha value is -1.19. The first kappa shape index (κ1) is 12.8. The van der Waals surface area contributed by atoms with Crippen molar-refractivity contribution in [1.29, 1.82) is 0 Å². The van der Waals surface area contributed by atoms with E-state index in [4.69, 9.17) is 4.98 Å². The summed E-state index contributed by atoms with van der Waals surface area (Å²) in [6.45, 7) is 4.27. The molecular formula is C16H20N2S. The average molecular weight is 272 g/mol. The van der Waals surface area contributed by atoms with E-state index in [0.29, 0.717) is 0 Å². The fourth-order valence-electron chi connectivity index (χ4n) is 2.92. The van der Waals surface area contributed by atoms with Crippen molar-refractivity contribution in [3.63, 3.8) is 0 Å². The lowest BCUT2D eigenvalue weighted by atomic mass is 9.78. The van der Waals surface area contributed by atoms with E-state index in [-0.39, 0.29) is 5.54 Å². The van der Waals surface area contributed by atoms with Crippen LogP contribution in [0.2, 0.25) is 0 Å². The molecule has 1 aliphatic carbocycles. The number of hydrogen-bond donors (Lipinski definition) is 1. The van der Waals surface area contributed by atoms with Crippen molar-refractivity contribution in [2.45, 2.75) is 38.6 Å². The molecule has 3 heteroatoms. The maximum absolute atomic E-state index is 4.81. The molecule has 0 saturated heterocycles. The lowest BCUT2D eigenvalue weighted by molar-refractivity contribution is 0.313. The molecule has 0 aliphatic heterocycles. The quantitative estimate of drug-likeness (QED) is 0.906. The summed E-state index contributed by atoms with van der Waals surface area (Å²) in [7, 11) is 2.07. The van der Waals surface area contributed by atoms with Crippen molar-refractivity contribution in [1.82, 2.24) is 10.3 Å². The Kier molecular flexibility index (Phi) is 3.19. The molecule has 1 N–H and O–H groups in total. The molecule has 19 heavy (non-hydrogen) atoms. The van der Waals surface area contributed by atoms with Gasteiger partial charge in [-0.25, -0.2) is 4.98 Å². The number of hydrogen-bond acceptors (Lipinski definition) is 3. The summed E-state index contributed by atoms with van der Waals surface area (Å²) < 4.78 is 0. The second-order valence-electron chi connectivity index (χ2n) is 5.44. The van der Waals surface area contributed by atoms with Gasteiger partial charge in [-0.3, -0.25) is 0 Å². The maximum Gasteiger partial charge on any atom is 0.114 e. The minimum Gasteiger partial charge on any atom is -0.308 e. The third-order valence-electron chi connectivity index (χ3n) is 4.35. The predicted octanol–water partition coefficient (Wildman–Crippen LogP) is 3.36. The van der Waals surface area contributed by atoms with Gasteiger partial charge in [0.15, 0.2) is 0 Å². The summed E-state index contributed by atoms with van der Waals surface area (Å²) in [5.41, 5.74) is 4.17. The van der Waals surface area contributed by atoms with Gasteiger partial charge in [-0.05, 0) is 51.3 Å². The summed E-state index contributed by atoms with van der Waals surface area (Å²) in [5.74, 6) is 0. The zero-order chi connectivity index (χ0) is 13.5.